The molecular formula is C58H110O6. The summed E-state index contributed by atoms with van der Waals surface area (Å²) >= 11 is 0. The molecule has 0 aliphatic carbocycles. The van der Waals surface area contributed by atoms with Gasteiger partial charge in [-0.1, -0.05) is 270 Å². The van der Waals surface area contributed by atoms with Crippen LogP contribution in [0.1, 0.15) is 323 Å². The fourth-order valence-electron chi connectivity index (χ4n) is 8.68. The Morgan fingerprint density at radius 2 is 0.516 bits per heavy atom. The third-order valence-corrected chi connectivity index (χ3v) is 13.0. The summed E-state index contributed by atoms with van der Waals surface area (Å²) in [6.07, 6.45) is 61.1. The van der Waals surface area contributed by atoms with Crippen molar-refractivity contribution < 1.29 is 28.6 Å². The van der Waals surface area contributed by atoms with Gasteiger partial charge in [-0.25, -0.2) is 0 Å². The van der Waals surface area contributed by atoms with Crippen LogP contribution in [0.5, 0.6) is 0 Å². The first kappa shape index (κ1) is 62.1. The van der Waals surface area contributed by atoms with E-state index in [1.165, 1.54) is 218 Å². The molecule has 0 aliphatic heterocycles. The smallest absolute Gasteiger partial charge is 0.306 e. The van der Waals surface area contributed by atoms with Crippen molar-refractivity contribution in [2.75, 3.05) is 13.2 Å². The molecule has 0 aromatic rings. The minimum absolute atomic E-state index is 0.0654. The Bertz CT molecular complexity index is 993. The molecule has 378 valence electrons. The second-order valence-electron chi connectivity index (χ2n) is 19.6. The number of allylic oxidation sites excluding steroid dienone is 2. The van der Waals surface area contributed by atoms with Crippen LogP contribution in [0.4, 0.5) is 0 Å². The van der Waals surface area contributed by atoms with Crippen LogP contribution >= 0.6 is 0 Å². The molecule has 64 heavy (non-hydrogen) atoms. The molecule has 1 atom stereocenters. The van der Waals surface area contributed by atoms with Crippen molar-refractivity contribution in [1.29, 1.82) is 0 Å². The van der Waals surface area contributed by atoms with Crippen LogP contribution in [0, 0.1) is 0 Å². The lowest BCUT2D eigenvalue weighted by Gasteiger charge is -2.18. The Morgan fingerprint density at radius 1 is 0.297 bits per heavy atom. The first-order chi connectivity index (χ1) is 31.5. The molecule has 0 fully saturated rings. The Labute approximate surface area is 399 Å². The normalized spacial score (nSPS) is 12.0. The van der Waals surface area contributed by atoms with Crippen molar-refractivity contribution in [3.8, 4) is 0 Å². The van der Waals surface area contributed by atoms with Gasteiger partial charge in [0.1, 0.15) is 13.2 Å². The average Bonchev–Trinajstić information content (AvgIpc) is 3.29. The van der Waals surface area contributed by atoms with E-state index >= 15 is 0 Å². The van der Waals surface area contributed by atoms with Crippen LogP contribution in [0.2, 0.25) is 0 Å². The third kappa shape index (κ3) is 51.1. The van der Waals surface area contributed by atoms with E-state index in [1.54, 1.807) is 0 Å². The van der Waals surface area contributed by atoms with Crippen molar-refractivity contribution >= 4 is 17.9 Å². The van der Waals surface area contributed by atoms with Crippen LogP contribution in [0.15, 0.2) is 12.2 Å². The van der Waals surface area contributed by atoms with Crippen molar-refractivity contribution in [2.45, 2.75) is 329 Å². The Kier molecular flexibility index (Phi) is 52.2. The van der Waals surface area contributed by atoms with Gasteiger partial charge in [-0.05, 0) is 44.9 Å². The maximum absolute atomic E-state index is 12.8. The Morgan fingerprint density at radius 3 is 0.781 bits per heavy atom. The van der Waals surface area contributed by atoms with E-state index in [2.05, 4.69) is 32.9 Å². The number of carbonyl (C=O) groups excluding carboxylic acids is 3. The van der Waals surface area contributed by atoms with Gasteiger partial charge in [0.15, 0.2) is 6.10 Å². The van der Waals surface area contributed by atoms with Crippen LogP contribution < -0.4 is 0 Å². The average molecular weight is 904 g/mol. The van der Waals surface area contributed by atoms with Crippen LogP contribution in [-0.4, -0.2) is 37.2 Å². The van der Waals surface area contributed by atoms with Crippen LogP contribution in [0.25, 0.3) is 0 Å². The monoisotopic (exact) mass is 903 g/mol. The molecule has 0 rings (SSSR count). The van der Waals surface area contributed by atoms with Gasteiger partial charge in [0.2, 0.25) is 0 Å². The molecule has 1 unspecified atom stereocenters. The van der Waals surface area contributed by atoms with Gasteiger partial charge in [0.25, 0.3) is 0 Å². The topological polar surface area (TPSA) is 78.9 Å². The minimum Gasteiger partial charge on any atom is -0.462 e. The number of carbonyl (C=O) groups is 3. The first-order valence-electron chi connectivity index (χ1n) is 28.7. The van der Waals surface area contributed by atoms with E-state index in [9.17, 15) is 14.4 Å². The molecule has 0 N–H and O–H groups in total. The lowest BCUT2D eigenvalue weighted by Crippen LogP contribution is -2.30. The van der Waals surface area contributed by atoms with Gasteiger partial charge in [-0.15, -0.1) is 0 Å². The number of hydrogen-bond acceptors (Lipinski definition) is 6. The number of ether oxygens (including phenoxy) is 3. The zero-order valence-electron chi connectivity index (χ0n) is 43.3. The molecule has 6 nitrogen and oxygen atoms in total. The quantitative estimate of drug-likeness (QED) is 0.0262. The molecule has 0 heterocycles. The minimum atomic E-state index is -0.761. The summed E-state index contributed by atoms with van der Waals surface area (Å²) < 4.78 is 16.7. The molecule has 0 aromatic heterocycles. The SMILES string of the molecule is CCCCCCCCCC/C=C\CCCCCCCCCCCCCCCC(=O)OCC(COC(=O)CCCCCCC)OC(=O)CCCCCCCCCCCCCCCCCC. The van der Waals surface area contributed by atoms with Crippen molar-refractivity contribution in [1.82, 2.24) is 0 Å². The lowest BCUT2D eigenvalue weighted by molar-refractivity contribution is -0.167. The summed E-state index contributed by atoms with van der Waals surface area (Å²) in [7, 11) is 0. The Balaban J connectivity index is 4.00. The van der Waals surface area contributed by atoms with E-state index in [4.69, 9.17) is 14.2 Å². The molecule has 0 aliphatic rings. The zero-order valence-corrected chi connectivity index (χ0v) is 43.3. The fourth-order valence-corrected chi connectivity index (χ4v) is 8.68. The molecule has 0 radical (unpaired) electrons. The molecule has 0 bridgehead atoms. The van der Waals surface area contributed by atoms with E-state index in [1.807, 2.05) is 0 Å². The number of hydrogen-bond donors (Lipinski definition) is 0. The fraction of sp³-hybridized carbons (Fsp3) is 0.914. The van der Waals surface area contributed by atoms with Crippen LogP contribution in [-0.2, 0) is 28.6 Å². The second-order valence-corrected chi connectivity index (χ2v) is 19.6. The highest BCUT2D eigenvalue weighted by atomic mass is 16.6. The first-order valence-corrected chi connectivity index (χ1v) is 28.7. The molecule has 0 saturated carbocycles. The summed E-state index contributed by atoms with van der Waals surface area (Å²) in [6, 6.07) is 0. The number of rotatable bonds is 53. The molecule has 6 heteroatoms. The molecular weight excluding hydrogens is 793 g/mol. The summed E-state index contributed by atoms with van der Waals surface area (Å²) in [5, 5.41) is 0. The van der Waals surface area contributed by atoms with Crippen molar-refractivity contribution in [3.63, 3.8) is 0 Å². The van der Waals surface area contributed by atoms with Gasteiger partial charge in [-0.2, -0.15) is 0 Å². The lowest BCUT2D eigenvalue weighted by atomic mass is 10.0. The van der Waals surface area contributed by atoms with Gasteiger partial charge in [0.05, 0.1) is 0 Å². The largest absolute Gasteiger partial charge is 0.462 e. The van der Waals surface area contributed by atoms with E-state index in [-0.39, 0.29) is 31.1 Å². The predicted octanol–water partition coefficient (Wildman–Crippen LogP) is 18.9. The third-order valence-electron chi connectivity index (χ3n) is 13.0. The molecule has 0 aromatic carbocycles. The highest BCUT2D eigenvalue weighted by Crippen LogP contribution is 2.17. The highest BCUT2D eigenvalue weighted by molar-refractivity contribution is 5.71. The standard InChI is InChI=1S/C58H110O6/c1-4-7-10-13-15-17-19-21-23-25-26-27-28-29-30-31-32-33-35-36-38-40-42-45-48-51-57(60)63-54-55(53-62-56(59)50-47-44-12-9-6-3)64-58(61)52-49-46-43-41-39-37-34-24-22-20-18-16-14-11-8-5-2/h25-26,55H,4-24,27-54H2,1-3H3/b26-25-. The van der Waals surface area contributed by atoms with E-state index in [0.29, 0.717) is 19.3 Å². The maximum Gasteiger partial charge on any atom is 0.306 e. The zero-order chi connectivity index (χ0) is 46.5. The highest BCUT2D eigenvalue weighted by Gasteiger charge is 2.19. The summed E-state index contributed by atoms with van der Waals surface area (Å²) in [4.78, 5) is 37.7. The van der Waals surface area contributed by atoms with Crippen LogP contribution in [0.3, 0.4) is 0 Å². The van der Waals surface area contributed by atoms with E-state index < -0.39 is 6.10 Å². The van der Waals surface area contributed by atoms with Gasteiger partial charge in [-0.3, -0.25) is 14.4 Å². The number of esters is 3. The summed E-state index contributed by atoms with van der Waals surface area (Å²) in [5.74, 6) is -0.859. The van der Waals surface area contributed by atoms with Gasteiger partial charge in [0, 0.05) is 19.3 Å². The van der Waals surface area contributed by atoms with E-state index in [0.717, 1.165) is 64.2 Å². The predicted molar refractivity (Wildman–Crippen MR) is 275 cm³/mol. The molecule has 0 amide bonds. The van der Waals surface area contributed by atoms with Gasteiger partial charge < -0.3 is 14.2 Å². The van der Waals surface area contributed by atoms with Crippen molar-refractivity contribution in [2.24, 2.45) is 0 Å². The molecule has 0 spiro atoms. The van der Waals surface area contributed by atoms with Gasteiger partial charge >= 0.3 is 17.9 Å². The second kappa shape index (κ2) is 53.8. The maximum atomic E-state index is 12.8. The van der Waals surface area contributed by atoms with Crippen molar-refractivity contribution in [3.05, 3.63) is 12.2 Å². The Hall–Kier alpha value is -1.85. The number of unbranched alkanes of at least 4 members (excludes halogenated alkanes) is 40. The molecule has 0 saturated heterocycles. The summed E-state index contributed by atoms with van der Waals surface area (Å²) in [6.45, 7) is 6.61. The summed E-state index contributed by atoms with van der Waals surface area (Å²) in [5.41, 5.74) is 0.